The van der Waals surface area contributed by atoms with Crippen molar-refractivity contribution in [3.63, 3.8) is 0 Å². The van der Waals surface area contributed by atoms with Gasteiger partial charge in [-0.05, 0) is 43.9 Å². The van der Waals surface area contributed by atoms with Gasteiger partial charge in [0, 0.05) is 44.6 Å². The number of anilines is 1. The van der Waals surface area contributed by atoms with Gasteiger partial charge in [-0.25, -0.2) is 9.50 Å². The molecular formula is C26H32N6O3. The van der Waals surface area contributed by atoms with E-state index in [-0.39, 0.29) is 30.5 Å². The zero-order valence-electron chi connectivity index (χ0n) is 20.3. The molecule has 2 aliphatic rings. The summed E-state index contributed by atoms with van der Waals surface area (Å²) in [6, 6.07) is 9.65. The van der Waals surface area contributed by atoms with Gasteiger partial charge >= 0.3 is 0 Å². The van der Waals surface area contributed by atoms with Crippen LogP contribution < -0.4 is 15.0 Å². The second-order valence-corrected chi connectivity index (χ2v) is 9.54. The highest BCUT2D eigenvalue weighted by molar-refractivity contribution is 5.99. The van der Waals surface area contributed by atoms with E-state index < -0.39 is 0 Å². The van der Waals surface area contributed by atoms with Crippen molar-refractivity contribution in [3.8, 4) is 5.75 Å². The van der Waals surface area contributed by atoms with Gasteiger partial charge in [0.2, 0.25) is 0 Å². The number of nitrogens with one attached hydrogen (secondary N) is 1. The zero-order chi connectivity index (χ0) is 24.4. The monoisotopic (exact) mass is 476 g/mol. The minimum atomic E-state index is -0.143. The Kier molecular flexibility index (Phi) is 6.57. The molecule has 2 fully saturated rings. The van der Waals surface area contributed by atoms with E-state index in [1.54, 1.807) is 16.9 Å². The van der Waals surface area contributed by atoms with Gasteiger partial charge in [-0.2, -0.15) is 5.10 Å². The summed E-state index contributed by atoms with van der Waals surface area (Å²) in [5, 5.41) is 7.61. The average Bonchev–Trinajstić information content (AvgIpc) is 3.63. The maximum atomic E-state index is 13.1. The first kappa shape index (κ1) is 23.1. The van der Waals surface area contributed by atoms with Crippen LogP contribution in [0.1, 0.15) is 60.6 Å². The van der Waals surface area contributed by atoms with E-state index in [1.165, 1.54) is 0 Å². The van der Waals surface area contributed by atoms with Crippen LogP contribution in [0, 0.1) is 0 Å². The molecule has 1 aromatic carbocycles. The summed E-state index contributed by atoms with van der Waals surface area (Å²) >= 11 is 0. The van der Waals surface area contributed by atoms with Crippen LogP contribution in [-0.4, -0.2) is 64.6 Å². The normalized spacial score (nSPS) is 18.2. The standard InChI is InChI=1S/C26H32N6O3/c1-30(2)19-9-5-10-20(15-19)35-17-24(33)31-14-6-11-22(31)23-12-13-27-25-21(16-28-32(23)25)26(34)29-18-7-3-4-8-18/h5,9-10,12-13,15-16,18,22H,3-4,6-8,11,14,17H2,1-2H3,(H,29,34)/t22-/m1/s1. The summed E-state index contributed by atoms with van der Waals surface area (Å²) in [5.74, 6) is 0.458. The molecule has 9 nitrogen and oxygen atoms in total. The molecule has 1 aliphatic heterocycles. The van der Waals surface area contributed by atoms with E-state index in [9.17, 15) is 9.59 Å². The zero-order valence-corrected chi connectivity index (χ0v) is 20.3. The molecule has 2 aromatic heterocycles. The fourth-order valence-corrected chi connectivity index (χ4v) is 5.11. The Hall–Kier alpha value is -3.62. The lowest BCUT2D eigenvalue weighted by Gasteiger charge is -2.25. The number of benzene rings is 1. The van der Waals surface area contributed by atoms with Gasteiger partial charge in [0.25, 0.3) is 11.8 Å². The van der Waals surface area contributed by atoms with Crippen LogP contribution in [0.2, 0.25) is 0 Å². The molecule has 5 rings (SSSR count). The van der Waals surface area contributed by atoms with E-state index in [0.717, 1.165) is 49.9 Å². The van der Waals surface area contributed by atoms with Crippen LogP contribution in [0.3, 0.4) is 0 Å². The largest absolute Gasteiger partial charge is 0.484 e. The SMILES string of the molecule is CN(C)c1cccc(OCC(=O)N2CCC[C@@H]2c2ccnc3c(C(=O)NC4CCCC4)cnn23)c1. The molecule has 1 atom stereocenters. The average molecular weight is 477 g/mol. The van der Waals surface area contributed by atoms with E-state index in [0.29, 0.717) is 23.5 Å². The number of hydrogen-bond acceptors (Lipinski definition) is 6. The van der Waals surface area contributed by atoms with Crippen LogP contribution in [0.15, 0.2) is 42.7 Å². The summed E-state index contributed by atoms with van der Waals surface area (Å²) in [4.78, 5) is 34.3. The Morgan fingerprint density at radius 1 is 1.14 bits per heavy atom. The number of amides is 2. The van der Waals surface area contributed by atoms with Gasteiger partial charge in [0.05, 0.1) is 17.9 Å². The van der Waals surface area contributed by atoms with E-state index in [2.05, 4.69) is 15.4 Å². The number of carbonyl (C=O) groups is 2. The fourth-order valence-electron chi connectivity index (χ4n) is 5.11. The summed E-state index contributed by atoms with van der Waals surface area (Å²) in [6.45, 7) is 0.625. The number of ether oxygens (including phenoxy) is 1. The van der Waals surface area contributed by atoms with Crippen molar-refractivity contribution >= 4 is 23.1 Å². The third-order valence-corrected chi connectivity index (χ3v) is 6.98. The molecule has 184 valence electrons. The van der Waals surface area contributed by atoms with E-state index in [4.69, 9.17) is 4.74 Å². The molecule has 1 saturated carbocycles. The lowest BCUT2D eigenvalue weighted by molar-refractivity contribution is -0.134. The quantitative estimate of drug-likeness (QED) is 0.563. The topological polar surface area (TPSA) is 92.1 Å². The second kappa shape index (κ2) is 9.93. The predicted octanol–water partition coefficient (Wildman–Crippen LogP) is 3.21. The molecule has 3 aromatic rings. The van der Waals surface area contributed by atoms with Crippen LogP contribution in [0.5, 0.6) is 5.75 Å². The number of nitrogens with zero attached hydrogens (tertiary/aromatic N) is 5. The Morgan fingerprint density at radius 2 is 1.97 bits per heavy atom. The third kappa shape index (κ3) is 4.80. The molecule has 0 radical (unpaired) electrons. The third-order valence-electron chi connectivity index (χ3n) is 6.98. The van der Waals surface area contributed by atoms with Crippen molar-refractivity contribution in [3.05, 3.63) is 54.0 Å². The molecule has 35 heavy (non-hydrogen) atoms. The lowest BCUT2D eigenvalue weighted by atomic mass is 10.1. The highest BCUT2D eigenvalue weighted by atomic mass is 16.5. The second-order valence-electron chi connectivity index (χ2n) is 9.54. The van der Waals surface area contributed by atoms with Gasteiger partial charge in [0.15, 0.2) is 12.3 Å². The van der Waals surface area contributed by atoms with Gasteiger partial charge in [-0.3, -0.25) is 9.59 Å². The number of fused-ring (bicyclic) bond motifs is 1. The van der Waals surface area contributed by atoms with E-state index >= 15 is 0 Å². The number of hydrogen-bond donors (Lipinski definition) is 1. The van der Waals surface area contributed by atoms with Crippen LogP contribution in [0.4, 0.5) is 5.69 Å². The van der Waals surface area contributed by atoms with Crippen molar-refractivity contribution in [2.75, 3.05) is 32.1 Å². The first-order valence-corrected chi connectivity index (χ1v) is 12.3. The Balaban J connectivity index is 1.31. The minimum Gasteiger partial charge on any atom is -0.484 e. The first-order chi connectivity index (χ1) is 17.0. The smallest absolute Gasteiger partial charge is 0.261 e. The maximum absolute atomic E-state index is 13.1. The Bertz CT molecular complexity index is 1220. The van der Waals surface area contributed by atoms with Crippen molar-refractivity contribution < 1.29 is 14.3 Å². The van der Waals surface area contributed by atoms with Crippen LogP contribution in [0.25, 0.3) is 5.65 Å². The molecular weight excluding hydrogens is 444 g/mol. The molecule has 1 N–H and O–H groups in total. The maximum Gasteiger partial charge on any atom is 0.261 e. The first-order valence-electron chi connectivity index (χ1n) is 12.3. The molecule has 0 bridgehead atoms. The Labute approximate surface area is 205 Å². The summed E-state index contributed by atoms with van der Waals surface area (Å²) in [5.41, 5.74) is 2.86. The van der Waals surface area contributed by atoms with Crippen molar-refractivity contribution in [1.82, 2.24) is 24.8 Å². The number of carbonyl (C=O) groups excluding carboxylic acids is 2. The van der Waals surface area contributed by atoms with Crippen LogP contribution >= 0.6 is 0 Å². The van der Waals surface area contributed by atoms with Gasteiger partial charge < -0.3 is 19.9 Å². The van der Waals surface area contributed by atoms with E-state index in [1.807, 2.05) is 54.2 Å². The number of rotatable bonds is 7. The van der Waals surface area contributed by atoms with Gasteiger partial charge in [0.1, 0.15) is 11.3 Å². The van der Waals surface area contributed by atoms with Crippen molar-refractivity contribution in [1.29, 1.82) is 0 Å². The Morgan fingerprint density at radius 3 is 2.77 bits per heavy atom. The lowest BCUT2D eigenvalue weighted by Crippen LogP contribution is -2.35. The van der Waals surface area contributed by atoms with Crippen molar-refractivity contribution in [2.45, 2.75) is 50.6 Å². The molecule has 0 spiro atoms. The molecule has 2 amide bonds. The molecule has 9 heteroatoms. The highest BCUT2D eigenvalue weighted by Crippen LogP contribution is 2.32. The van der Waals surface area contributed by atoms with Crippen molar-refractivity contribution in [2.24, 2.45) is 0 Å². The fraction of sp³-hybridized carbons (Fsp3) is 0.462. The summed E-state index contributed by atoms with van der Waals surface area (Å²) in [6.07, 6.45) is 9.34. The van der Waals surface area contributed by atoms with Gasteiger partial charge in [-0.1, -0.05) is 18.9 Å². The highest BCUT2D eigenvalue weighted by Gasteiger charge is 2.33. The van der Waals surface area contributed by atoms with Gasteiger partial charge in [-0.15, -0.1) is 0 Å². The molecule has 3 heterocycles. The van der Waals surface area contributed by atoms with Crippen LogP contribution in [-0.2, 0) is 4.79 Å². The number of aromatic nitrogens is 3. The number of likely N-dealkylation sites (tertiary alicyclic amines) is 1. The molecule has 0 unspecified atom stereocenters. The summed E-state index contributed by atoms with van der Waals surface area (Å²) in [7, 11) is 3.93. The predicted molar refractivity (Wildman–Crippen MR) is 133 cm³/mol. The molecule has 1 aliphatic carbocycles. The molecule has 1 saturated heterocycles. The summed E-state index contributed by atoms with van der Waals surface area (Å²) < 4.78 is 7.55. The minimum absolute atomic E-state index is 0.0320.